The molecule has 3 nitrogen and oxygen atoms in total. The Hall–Kier alpha value is -1.06. The summed E-state index contributed by atoms with van der Waals surface area (Å²) in [4.78, 5) is 8.00. The van der Waals surface area contributed by atoms with Gasteiger partial charge in [-0.05, 0) is 43.5 Å². The molecule has 1 aromatic carbocycles. The molecule has 2 heterocycles. The van der Waals surface area contributed by atoms with Gasteiger partial charge in [0.1, 0.15) is 5.82 Å². The summed E-state index contributed by atoms with van der Waals surface area (Å²) in [7, 11) is 0. The highest BCUT2D eigenvalue weighted by Gasteiger charge is 2.22. The number of hydrogen-bond acceptors (Lipinski definition) is 2. The fraction of sp³-hybridized carbons (Fsp3) is 0.462. The van der Waals surface area contributed by atoms with Crippen LogP contribution in [-0.4, -0.2) is 16.5 Å². The van der Waals surface area contributed by atoms with Crippen LogP contribution >= 0.6 is 11.6 Å². The quantitative estimate of drug-likeness (QED) is 0.814. The SMILES string of the molecule is CC1CCNC(c2nc3ccc(Cl)cc3[nH]2)C1. The van der Waals surface area contributed by atoms with Crippen molar-refractivity contribution in [2.24, 2.45) is 5.92 Å². The lowest BCUT2D eigenvalue weighted by atomic mass is 9.94. The first kappa shape index (κ1) is 11.1. The van der Waals surface area contributed by atoms with Gasteiger partial charge in [0, 0.05) is 5.02 Å². The number of nitrogens with zero attached hydrogens (tertiary/aromatic N) is 1. The van der Waals surface area contributed by atoms with Crippen LogP contribution in [0.3, 0.4) is 0 Å². The predicted molar refractivity (Wildman–Crippen MR) is 70.2 cm³/mol. The average molecular weight is 250 g/mol. The van der Waals surface area contributed by atoms with Crippen LogP contribution in [0.4, 0.5) is 0 Å². The van der Waals surface area contributed by atoms with Crippen LogP contribution in [0, 0.1) is 5.92 Å². The second-order valence-electron chi connectivity index (χ2n) is 4.92. The van der Waals surface area contributed by atoms with Gasteiger partial charge >= 0.3 is 0 Å². The van der Waals surface area contributed by atoms with Gasteiger partial charge in [0.25, 0.3) is 0 Å². The summed E-state index contributed by atoms with van der Waals surface area (Å²) in [5.74, 6) is 1.80. The minimum Gasteiger partial charge on any atom is -0.341 e. The molecule has 90 valence electrons. The lowest BCUT2D eigenvalue weighted by Gasteiger charge is -2.26. The first-order valence-electron chi connectivity index (χ1n) is 6.11. The zero-order chi connectivity index (χ0) is 11.8. The smallest absolute Gasteiger partial charge is 0.124 e. The molecule has 17 heavy (non-hydrogen) atoms. The fourth-order valence-corrected chi connectivity index (χ4v) is 2.65. The Morgan fingerprint density at radius 1 is 1.41 bits per heavy atom. The van der Waals surface area contributed by atoms with Crippen molar-refractivity contribution in [3.05, 3.63) is 29.0 Å². The zero-order valence-corrected chi connectivity index (χ0v) is 10.6. The van der Waals surface area contributed by atoms with E-state index in [0.717, 1.165) is 40.8 Å². The molecule has 0 spiro atoms. The second-order valence-corrected chi connectivity index (χ2v) is 5.36. The summed E-state index contributed by atoms with van der Waals surface area (Å²) in [5.41, 5.74) is 2.01. The van der Waals surface area contributed by atoms with Crippen molar-refractivity contribution >= 4 is 22.6 Å². The molecule has 1 aliphatic heterocycles. The molecule has 2 aromatic rings. The lowest BCUT2D eigenvalue weighted by Crippen LogP contribution is -2.31. The van der Waals surface area contributed by atoms with Crippen LogP contribution in [0.1, 0.15) is 31.6 Å². The van der Waals surface area contributed by atoms with Crippen molar-refractivity contribution in [3.63, 3.8) is 0 Å². The van der Waals surface area contributed by atoms with E-state index in [9.17, 15) is 0 Å². The zero-order valence-electron chi connectivity index (χ0n) is 9.83. The van der Waals surface area contributed by atoms with Crippen molar-refractivity contribution < 1.29 is 0 Å². The maximum Gasteiger partial charge on any atom is 0.124 e. The number of fused-ring (bicyclic) bond motifs is 1. The van der Waals surface area contributed by atoms with Gasteiger partial charge in [-0.3, -0.25) is 0 Å². The monoisotopic (exact) mass is 249 g/mol. The topological polar surface area (TPSA) is 40.7 Å². The van der Waals surface area contributed by atoms with E-state index in [-0.39, 0.29) is 0 Å². The third-order valence-corrected chi connectivity index (χ3v) is 3.69. The molecule has 0 amide bonds. The van der Waals surface area contributed by atoms with Gasteiger partial charge in [0.05, 0.1) is 17.1 Å². The van der Waals surface area contributed by atoms with Gasteiger partial charge in [-0.2, -0.15) is 0 Å². The standard InChI is InChI=1S/C13H16ClN3/c1-8-4-5-15-12(6-8)13-16-10-3-2-9(14)7-11(10)17-13/h2-3,7-8,12,15H,4-6H2,1H3,(H,16,17). The summed E-state index contributed by atoms with van der Waals surface area (Å²) in [6.45, 7) is 3.37. The summed E-state index contributed by atoms with van der Waals surface area (Å²) in [6, 6.07) is 6.12. The van der Waals surface area contributed by atoms with E-state index in [0.29, 0.717) is 6.04 Å². The van der Waals surface area contributed by atoms with E-state index >= 15 is 0 Å². The van der Waals surface area contributed by atoms with E-state index in [2.05, 4.69) is 22.2 Å². The Bertz CT molecular complexity index is 534. The van der Waals surface area contributed by atoms with Gasteiger partial charge < -0.3 is 10.3 Å². The van der Waals surface area contributed by atoms with E-state index in [4.69, 9.17) is 11.6 Å². The van der Waals surface area contributed by atoms with Gasteiger partial charge in [-0.1, -0.05) is 18.5 Å². The summed E-state index contributed by atoms with van der Waals surface area (Å²) in [6.07, 6.45) is 2.40. The Balaban J connectivity index is 1.94. The molecule has 0 saturated carbocycles. The number of benzene rings is 1. The Labute approximate surface area is 106 Å². The minimum atomic E-state index is 0.352. The summed E-state index contributed by atoms with van der Waals surface area (Å²) >= 11 is 5.97. The van der Waals surface area contributed by atoms with Crippen LogP contribution in [0.25, 0.3) is 11.0 Å². The number of piperidine rings is 1. The maximum absolute atomic E-state index is 5.97. The molecule has 2 unspecified atom stereocenters. The van der Waals surface area contributed by atoms with Crippen LogP contribution in [-0.2, 0) is 0 Å². The number of hydrogen-bond donors (Lipinski definition) is 2. The first-order chi connectivity index (χ1) is 8.22. The lowest BCUT2D eigenvalue weighted by molar-refractivity contribution is 0.317. The van der Waals surface area contributed by atoms with E-state index in [1.807, 2.05) is 18.2 Å². The molecule has 1 saturated heterocycles. The molecule has 0 bridgehead atoms. The van der Waals surface area contributed by atoms with E-state index in [1.165, 1.54) is 6.42 Å². The van der Waals surface area contributed by atoms with Crippen molar-refractivity contribution in [1.29, 1.82) is 0 Å². The molecule has 0 aliphatic carbocycles. The van der Waals surface area contributed by atoms with Gasteiger partial charge in [-0.15, -0.1) is 0 Å². The molecule has 3 rings (SSSR count). The van der Waals surface area contributed by atoms with Crippen molar-refractivity contribution in [3.8, 4) is 0 Å². The Morgan fingerprint density at radius 3 is 3.12 bits per heavy atom. The number of nitrogens with one attached hydrogen (secondary N) is 2. The second kappa shape index (κ2) is 4.31. The molecular weight excluding hydrogens is 234 g/mol. The molecule has 2 atom stereocenters. The number of aromatic amines is 1. The Kier molecular flexibility index (Phi) is 2.81. The summed E-state index contributed by atoms with van der Waals surface area (Å²) in [5, 5.41) is 4.26. The van der Waals surface area contributed by atoms with Gasteiger partial charge in [0.15, 0.2) is 0 Å². The summed E-state index contributed by atoms with van der Waals surface area (Å²) < 4.78 is 0. The molecule has 0 radical (unpaired) electrons. The molecule has 4 heteroatoms. The number of imidazole rings is 1. The van der Waals surface area contributed by atoms with Crippen molar-refractivity contribution in [2.75, 3.05) is 6.54 Å². The van der Waals surface area contributed by atoms with E-state index < -0.39 is 0 Å². The van der Waals surface area contributed by atoms with Crippen LogP contribution < -0.4 is 5.32 Å². The number of aromatic nitrogens is 2. The average Bonchev–Trinajstić information content (AvgIpc) is 2.72. The van der Waals surface area contributed by atoms with Crippen LogP contribution in [0.2, 0.25) is 5.02 Å². The highest BCUT2D eigenvalue weighted by atomic mass is 35.5. The van der Waals surface area contributed by atoms with E-state index in [1.54, 1.807) is 0 Å². The van der Waals surface area contributed by atoms with Gasteiger partial charge in [0.2, 0.25) is 0 Å². The fourth-order valence-electron chi connectivity index (χ4n) is 2.48. The molecule has 1 aliphatic rings. The highest BCUT2D eigenvalue weighted by molar-refractivity contribution is 6.31. The van der Waals surface area contributed by atoms with Crippen molar-refractivity contribution in [2.45, 2.75) is 25.8 Å². The minimum absolute atomic E-state index is 0.352. The molecular formula is C13H16ClN3. The molecule has 2 N–H and O–H groups in total. The van der Waals surface area contributed by atoms with Crippen LogP contribution in [0.15, 0.2) is 18.2 Å². The normalized spacial score (nSPS) is 25.3. The van der Waals surface area contributed by atoms with Gasteiger partial charge in [-0.25, -0.2) is 4.98 Å². The first-order valence-corrected chi connectivity index (χ1v) is 6.49. The number of halogens is 1. The molecule has 1 aromatic heterocycles. The number of rotatable bonds is 1. The predicted octanol–water partition coefficient (Wildman–Crippen LogP) is 3.28. The molecule has 1 fully saturated rings. The number of H-pyrrole nitrogens is 1. The maximum atomic E-state index is 5.97. The Morgan fingerprint density at radius 2 is 2.29 bits per heavy atom. The third-order valence-electron chi connectivity index (χ3n) is 3.46. The largest absolute Gasteiger partial charge is 0.341 e. The third kappa shape index (κ3) is 2.17. The highest BCUT2D eigenvalue weighted by Crippen LogP contribution is 2.27. The van der Waals surface area contributed by atoms with Crippen molar-refractivity contribution in [1.82, 2.24) is 15.3 Å². The van der Waals surface area contributed by atoms with Crippen LogP contribution in [0.5, 0.6) is 0 Å².